The van der Waals surface area contributed by atoms with Crippen LogP contribution in [0.3, 0.4) is 0 Å². The van der Waals surface area contributed by atoms with Crippen LogP contribution in [0.4, 0.5) is 0 Å². The molecule has 0 N–H and O–H groups in total. The molecule has 0 aromatic heterocycles. The smallest absolute Gasteiger partial charge is 0.306 e. The number of rotatable bonds is 6. The molecule has 0 aromatic rings. The van der Waals surface area contributed by atoms with E-state index in [-0.39, 0.29) is 18.8 Å². The molecule has 0 saturated heterocycles. The molecule has 0 radical (unpaired) electrons. The van der Waals surface area contributed by atoms with Crippen molar-refractivity contribution < 1.29 is 13.6 Å². The fourth-order valence-corrected chi connectivity index (χ4v) is 3.35. The Kier molecular flexibility index (Phi) is 6.59. The molecule has 0 aliphatic carbocycles. The Labute approximate surface area is 91.4 Å². The van der Waals surface area contributed by atoms with Gasteiger partial charge in [-0.15, -0.1) is 6.42 Å². The molecule has 14 heavy (non-hydrogen) atoms. The van der Waals surface area contributed by atoms with Gasteiger partial charge in [0.1, 0.15) is 6.61 Å². The molecule has 0 amide bonds. The third-order valence-corrected chi connectivity index (χ3v) is 3.62. The van der Waals surface area contributed by atoms with Crippen LogP contribution in [0.2, 0.25) is 0 Å². The van der Waals surface area contributed by atoms with Crippen LogP contribution in [0.1, 0.15) is 27.7 Å². The summed E-state index contributed by atoms with van der Waals surface area (Å²) in [4.78, 5) is 0. The Hall–Kier alpha value is 0.0900. The van der Waals surface area contributed by atoms with Crippen molar-refractivity contribution in [2.75, 3.05) is 6.61 Å². The minimum absolute atomic E-state index is 0.0302. The Morgan fingerprint density at radius 1 is 1.21 bits per heavy atom. The van der Waals surface area contributed by atoms with Crippen molar-refractivity contribution in [1.82, 2.24) is 0 Å². The minimum Gasteiger partial charge on any atom is -0.306 e. The molecular formula is C9H17O3PS. The molecule has 0 fully saturated rings. The zero-order valence-corrected chi connectivity index (χ0v) is 10.7. The van der Waals surface area contributed by atoms with Crippen LogP contribution in [-0.4, -0.2) is 18.8 Å². The summed E-state index contributed by atoms with van der Waals surface area (Å²) in [5.74, 6) is 2.35. The molecule has 0 aliphatic rings. The number of terminal acetylenes is 1. The van der Waals surface area contributed by atoms with Gasteiger partial charge in [-0.25, -0.2) is 0 Å². The summed E-state index contributed by atoms with van der Waals surface area (Å²) >= 11 is 5.17. The van der Waals surface area contributed by atoms with Gasteiger partial charge in [-0.3, -0.25) is 4.52 Å². The predicted octanol–water partition coefficient (Wildman–Crippen LogP) is 2.71. The normalized spacial score (nSPS) is 12.1. The molecule has 82 valence electrons. The van der Waals surface area contributed by atoms with Crippen molar-refractivity contribution in [2.24, 2.45) is 0 Å². The average molecular weight is 236 g/mol. The summed E-state index contributed by atoms with van der Waals surface area (Å²) in [6.45, 7) is 4.98. The van der Waals surface area contributed by atoms with Crippen molar-refractivity contribution in [3.05, 3.63) is 0 Å². The molecule has 0 aliphatic heterocycles. The first-order valence-electron chi connectivity index (χ1n) is 4.44. The van der Waals surface area contributed by atoms with Gasteiger partial charge in [0.2, 0.25) is 0 Å². The Morgan fingerprint density at radius 3 is 1.93 bits per heavy atom. The molecular weight excluding hydrogens is 219 g/mol. The van der Waals surface area contributed by atoms with E-state index in [1.54, 1.807) is 0 Å². The van der Waals surface area contributed by atoms with Gasteiger partial charge >= 0.3 is 6.72 Å². The molecule has 5 heteroatoms. The first-order chi connectivity index (χ1) is 6.39. The van der Waals surface area contributed by atoms with Gasteiger partial charge in [-0.1, -0.05) is 5.92 Å². The molecule has 0 aromatic carbocycles. The van der Waals surface area contributed by atoms with Crippen LogP contribution >= 0.6 is 6.72 Å². The van der Waals surface area contributed by atoms with Crippen LogP contribution in [0, 0.1) is 12.3 Å². The Bertz CT molecular complexity index is 231. The first kappa shape index (κ1) is 14.1. The second kappa shape index (κ2) is 6.55. The monoisotopic (exact) mass is 236 g/mol. The highest BCUT2D eigenvalue weighted by atomic mass is 32.5. The van der Waals surface area contributed by atoms with Crippen LogP contribution in [0.15, 0.2) is 0 Å². The lowest BCUT2D eigenvalue weighted by Gasteiger charge is -2.24. The van der Waals surface area contributed by atoms with E-state index in [4.69, 9.17) is 31.8 Å². The van der Waals surface area contributed by atoms with Gasteiger partial charge in [0, 0.05) is 0 Å². The van der Waals surface area contributed by atoms with Crippen molar-refractivity contribution in [3.8, 4) is 12.3 Å². The Balaban J connectivity index is 4.35. The molecule has 0 heterocycles. The van der Waals surface area contributed by atoms with E-state index in [1.807, 2.05) is 27.7 Å². The molecule has 0 spiro atoms. The Morgan fingerprint density at radius 2 is 1.64 bits per heavy atom. The molecule has 3 nitrogen and oxygen atoms in total. The van der Waals surface area contributed by atoms with E-state index < -0.39 is 6.72 Å². The summed E-state index contributed by atoms with van der Waals surface area (Å²) < 4.78 is 16.1. The maximum atomic E-state index is 5.44. The van der Waals surface area contributed by atoms with E-state index in [0.717, 1.165) is 0 Å². The fraction of sp³-hybridized carbons (Fsp3) is 0.778. The first-order valence-corrected chi connectivity index (χ1v) is 7.00. The highest BCUT2D eigenvalue weighted by Crippen LogP contribution is 2.51. The maximum absolute atomic E-state index is 5.44. The van der Waals surface area contributed by atoms with E-state index in [0.29, 0.717) is 0 Å². The SMILES string of the molecule is C#CCOP(=S)(OC(C)C)OC(C)C. The second-order valence-corrected chi connectivity index (χ2v) is 6.15. The van der Waals surface area contributed by atoms with E-state index in [2.05, 4.69) is 5.92 Å². The van der Waals surface area contributed by atoms with Crippen molar-refractivity contribution in [3.63, 3.8) is 0 Å². The lowest BCUT2D eigenvalue weighted by molar-refractivity contribution is 0.117. The molecule has 0 bridgehead atoms. The second-order valence-electron chi connectivity index (χ2n) is 3.23. The predicted molar refractivity (Wildman–Crippen MR) is 61.5 cm³/mol. The van der Waals surface area contributed by atoms with Crippen molar-refractivity contribution in [2.45, 2.75) is 39.9 Å². The van der Waals surface area contributed by atoms with E-state index in [1.165, 1.54) is 0 Å². The third kappa shape index (κ3) is 6.53. The molecule has 0 unspecified atom stereocenters. The fourth-order valence-electron chi connectivity index (χ4n) is 0.718. The van der Waals surface area contributed by atoms with Crippen LogP contribution in [0.5, 0.6) is 0 Å². The third-order valence-electron chi connectivity index (χ3n) is 0.986. The number of hydrogen-bond acceptors (Lipinski definition) is 4. The lowest BCUT2D eigenvalue weighted by Crippen LogP contribution is -2.09. The van der Waals surface area contributed by atoms with Crippen molar-refractivity contribution in [1.29, 1.82) is 0 Å². The maximum Gasteiger partial charge on any atom is 0.328 e. The van der Waals surface area contributed by atoms with Crippen LogP contribution < -0.4 is 0 Å². The molecule has 0 saturated carbocycles. The quantitative estimate of drug-likeness (QED) is 0.523. The highest BCUT2D eigenvalue weighted by Gasteiger charge is 2.23. The summed E-state index contributed by atoms with van der Waals surface area (Å²) in [6.07, 6.45) is 5.02. The van der Waals surface area contributed by atoms with Gasteiger partial charge in [0.25, 0.3) is 0 Å². The summed E-state index contributed by atoms with van der Waals surface area (Å²) in [6, 6.07) is 0. The summed E-state index contributed by atoms with van der Waals surface area (Å²) in [7, 11) is 0. The van der Waals surface area contributed by atoms with Crippen molar-refractivity contribution >= 4 is 18.5 Å². The molecule has 0 rings (SSSR count). The average Bonchev–Trinajstić information content (AvgIpc) is 1.97. The largest absolute Gasteiger partial charge is 0.328 e. The standard InChI is InChI=1S/C9H17O3PS/c1-6-7-10-13(14,11-8(2)3)12-9(4)5/h1,8-9H,7H2,2-5H3. The lowest BCUT2D eigenvalue weighted by atomic mass is 10.5. The minimum atomic E-state index is -2.66. The topological polar surface area (TPSA) is 27.7 Å². The van der Waals surface area contributed by atoms with Gasteiger partial charge in [-0.2, -0.15) is 0 Å². The van der Waals surface area contributed by atoms with Crippen LogP contribution in [-0.2, 0) is 25.4 Å². The highest BCUT2D eigenvalue weighted by molar-refractivity contribution is 8.07. The zero-order valence-electron chi connectivity index (χ0n) is 9.02. The van der Waals surface area contributed by atoms with E-state index >= 15 is 0 Å². The summed E-state index contributed by atoms with van der Waals surface area (Å²) in [5.41, 5.74) is 0. The summed E-state index contributed by atoms with van der Waals surface area (Å²) in [5, 5.41) is 0. The molecule has 0 atom stereocenters. The van der Waals surface area contributed by atoms with Gasteiger partial charge < -0.3 is 9.05 Å². The van der Waals surface area contributed by atoms with E-state index in [9.17, 15) is 0 Å². The van der Waals surface area contributed by atoms with Crippen LogP contribution in [0.25, 0.3) is 0 Å². The number of hydrogen-bond donors (Lipinski definition) is 0. The van der Waals surface area contributed by atoms with Gasteiger partial charge in [0.05, 0.1) is 12.2 Å². The van der Waals surface area contributed by atoms with Gasteiger partial charge in [-0.05, 0) is 39.5 Å². The van der Waals surface area contributed by atoms with Gasteiger partial charge in [0.15, 0.2) is 0 Å². The zero-order chi connectivity index (χ0) is 11.2.